The lowest BCUT2D eigenvalue weighted by Crippen LogP contribution is -2.54. The fourth-order valence-electron chi connectivity index (χ4n) is 3.75. The van der Waals surface area contributed by atoms with Gasteiger partial charge in [0.15, 0.2) is 5.78 Å². The highest BCUT2D eigenvalue weighted by atomic mass is 16.6. The molecule has 1 aromatic heterocycles. The molecular weight excluding hydrogens is 528 g/mol. The summed E-state index contributed by atoms with van der Waals surface area (Å²) in [4.78, 5) is 52.8. The maximum Gasteiger partial charge on any atom is 0.408 e. The van der Waals surface area contributed by atoms with E-state index in [0.29, 0.717) is 5.82 Å². The van der Waals surface area contributed by atoms with Crippen LogP contribution in [0.1, 0.15) is 46.6 Å². The van der Waals surface area contributed by atoms with Crippen molar-refractivity contribution in [3.63, 3.8) is 0 Å². The summed E-state index contributed by atoms with van der Waals surface area (Å²) in [6, 6.07) is 15.9. The second-order valence-electron chi connectivity index (χ2n) is 10.8. The van der Waals surface area contributed by atoms with Crippen molar-refractivity contribution in [3.05, 3.63) is 66.2 Å². The van der Waals surface area contributed by atoms with Gasteiger partial charge >= 0.3 is 12.1 Å². The number of aromatic nitrogens is 4. The van der Waals surface area contributed by atoms with Crippen LogP contribution in [0.25, 0.3) is 11.4 Å². The van der Waals surface area contributed by atoms with Crippen molar-refractivity contribution in [1.29, 1.82) is 0 Å². The first-order valence-corrected chi connectivity index (χ1v) is 13.3. The molecule has 2 aromatic carbocycles. The minimum absolute atomic E-state index is 0.0226. The van der Waals surface area contributed by atoms with E-state index in [0.717, 1.165) is 15.9 Å². The lowest BCUT2D eigenvalue weighted by atomic mass is 10.0. The monoisotopic (exact) mass is 564 g/mol. The van der Waals surface area contributed by atoms with E-state index in [4.69, 9.17) is 9.47 Å². The molecule has 2 amide bonds. The zero-order valence-electron chi connectivity index (χ0n) is 23.9. The number of ketones is 1. The summed E-state index contributed by atoms with van der Waals surface area (Å²) in [5.74, 6) is -1.92. The molecule has 0 saturated heterocycles. The molecule has 1 heterocycles. The molecule has 0 aliphatic heterocycles. The van der Waals surface area contributed by atoms with E-state index in [2.05, 4.69) is 26.0 Å². The van der Waals surface area contributed by atoms with E-state index in [1.54, 1.807) is 58.9 Å². The Hall–Kier alpha value is -4.61. The Morgan fingerprint density at radius 3 is 2.17 bits per heavy atom. The predicted octanol–water partition coefficient (Wildman–Crippen LogP) is 3.08. The molecule has 0 bridgehead atoms. The molecular formula is C29H36N6O6. The Morgan fingerprint density at radius 2 is 1.56 bits per heavy atom. The molecule has 0 fully saturated rings. The van der Waals surface area contributed by atoms with E-state index in [1.165, 1.54) is 0 Å². The first kappa shape index (κ1) is 30.9. The van der Waals surface area contributed by atoms with Crippen LogP contribution in [0.5, 0.6) is 0 Å². The summed E-state index contributed by atoms with van der Waals surface area (Å²) in [6.07, 6.45) is -1.22. The standard InChI is InChI=1S/C29H36N6O6/c1-19(2)25(31-28(39)40-18-20-12-8-6-9-13-20)27(38)30-22(16-24(37)41-29(3,4)5)23(36)17-35-33-26(32-34-35)21-14-10-7-11-15-21/h6-15,19,22,25H,16-18H2,1-5H3,(H,30,38)(H,31,39)/t22?,25-/m0/s1. The normalized spacial score (nSPS) is 12.7. The first-order valence-electron chi connectivity index (χ1n) is 13.3. The molecule has 41 heavy (non-hydrogen) atoms. The third-order valence-corrected chi connectivity index (χ3v) is 5.71. The average molecular weight is 565 g/mol. The number of rotatable bonds is 12. The van der Waals surface area contributed by atoms with Gasteiger partial charge in [0.2, 0.25) is 11.7 Å². The summed E-state index contributed by atoms with van der Waals surface area (Å²) in [6.45, 7) is 8.23. The van der Waals surface area contributed by atoms with Crippen LogP contribution in [0.2, 0.25) is 0 Å². The molecule has 1 unspecified atom stereocenters. The van der Waals surface area contributed by atoms with E-state index < -0.39 is 47.9 Å². The minimum Gasteiger partial charge on any atom is -0.460 e. The zero-order chi connectivity index (χ0) is 30.0. The summed E-state index contributed by atoms with van der Waals surface area (Å²) in [7, 11) is 0. The van der Waals surface area contributed by atoms with Crippen LogP contribution < -0.4 is 10.6 Å². The van der Waals surface area contributed by atoms with Crippen LogP contribution in [-0.4, -0.2) is 61.6 Å². The number of nitrogens with zero attached hydrogens (tertiary/aromatic N) is 4. The number of Topliss-reactive ketones (excluding diaryl/α,β-unsaturated/α-hetero) is 1. The van der Waals surface area contributed by atoms with Gasteiger partial charge in [0.1, 0.15) is 30.8 Å². The number of hydrogen-bond acceptors (Lipinski definition) is 9. The Kier molecular flexibility index (Phi) is 10.7. The molecule has 0 spiro atoms. The topological polar surface area (TPSA) is 154 Å². The van der Waals surface area contributed by atoms with Gasteiger partial charge in [-0.15, -0.1) is 10.2 Å². The van der Waals surface area contributed by atoms with E-state index in [9.17, 15) is 19.2 Å². The summed E-state index contributed by atoms with van der Waals surface area (Å²) in [5, 5.41) is 17.3. The summed E-state index contributed by atoms with van der Waals surface area (Å²) < 4.78 is 10.6. The predicted molar refractivity (Wildman–Crippen MR) is 149 cm³/mol. The molecule has 0 saturated carbocycles. The number of nitrogens with one attached hydrogen (secondary N) is 2. The highest BCUT2D eigenvalue weighted by Crippen LogP contribution is 2.13. The van der Waals surface area contributed by atoms with Crippen molar-refractivity contribution in [3.8, 4) is 11.4 Å². The molecule has 0 aliphatic carbocycles. The van der Waals surface area contributed by atoms with Crippen molar-refractivity contribution in [2.45, 2.75) is 71.9 Å². The number of carbonyl (C=O) groups is 4. The third kappa shape index (κ3) is 10.1. The van der Waals surface area contributed by atoms with Crippen LogP contribution in [-0.2, 0) is 37.0 Å². The Balaban J connectivity index is 1.70. The number of hydrogen-bond donors (Lipinski definition) is 2. The molecule has 218 valence electrons. The highest BCUT2D eigenvalue weighted by molar-refractivity contribution is 5.94. The third-order valence-electron chi connectivity index (χ3n) is 5.71. The molecule has 0 radical (unpaired) electrons. The largest absolute Gasteiger partial charge is 0.460 e. The van der Waals surface area contributed by atoms with Gasteiger partial charge in [-0.2, -0.15) is 4.80 Å². The van der Waals surface area contributed by atoms with Gasteiger partial charge in [-0.05, 0) is 37.5 Å². The maximum atomic E-state index is 13.3. The number of benzene rings is 2. The van der Waals surface area contributed by atoms with Crippen molar-refractivity contribution in [1.82, 2.24) is 30.8 Å². The lowest BCUT2D eigenvalue weighted by molar-refractivity contribution is -0.156. The molecule has 3 aromatic rings. The molecule has 2 atom stereocenters. The highest BCUT2D eigenvalue weighted by Gasteiger charge is 2.32. The summed E-state index contributed by atoms with van der Waals surface area (Å²) >= 11 is 0. The number of alkyl carbamates (subject to hydrolysis) is 1. The van der Waals surface area contributed by atoms with Crippen LogP contribution in [0.3, 0.4) is 0 Å². The molecule has 0 aliphatic rings. The minimum atomic E-state index is -1.27. The number of tetrazole rings is 1. The number of esters is 1. The van der Waals surface area contributed by atoms with Gasteiger partial charge in [-0.3, -0.25) is 14.4 Å². The first-order chi connectivity index (χ1) is 19.4. The van der Waals surface area contributed by atoms with Gasteiger partial charge in [-0.1, -0.05) is 74.5 Å². The van der Waals surface area contributed by atoms with Crippen LogP contribution in [0.4, 0.5) is 4.79 Å². The second kappa shape index (κ2) is 14.1. The Morgan fingerprint density at radius 1 is 0.927 bits per heavy atom. The van der Waals surface area contributed by atoms with E-state index in [-0.39, 0.29) is 19.1 Å². The van der Waals surface area contributed by atoms with E-state index in [1.807, 2.05) is 36.4 Å². The zero-order valence-corrected chi connectivity index (χ0v) is 23.9. The second-order valence-corrected chi connectivity index (χ2v) is 10.8. The van der Waals surface area contributed by atoms with Crippen LogP contribution in [0, 0.1) is 5.92 Å². The van der Waals surface area contributed by atoms with Gasteiger partial charge in [0.25, 0.3) is 0 Å². The van der Waals surface area contributed by atoms with Crippen molar-refractivity contribution < 1.29 is 28.7 Å². The van der Waals surface area contributed by atoms with Crippen LogP contribution in [0.15, 0.2) is 60.7 Å². The Labute approximate surface area is 238 Å². The average Bonchev–Trinajstić information content (AvgIpc) is 3.38. The van der Waals surface area contributed by atoms with Crippen molar-refractivity contribution in [2.75, 3.05) is 0 Å². The van der Waals surface area contributed by atoms with Crippen molar-refractivity contribution in [2.24, 2.45) is 5.92 Å². The molecule has 12 nitrogen and oxygen atoms in total. The van der Waals surface area contributed by atoms with Crippen molar-refractivity contribution >= 4 is 23.8 Å². The fraction of sp³-hybridized carbons (Fsp3) is 0.414. The molecule has 3 rings (SSSR count). The molecule has 2 N–H and O–H groups in total. The van der Waals surface area contributed by atoms with Crippen LogP contribution >= 0.6 is 0 Å². The lowest BCUT2D eigenvalue weighted by Gasteiger charge is -2.25. The quantitative estimate of drug-likeness (QED) is 0.316. The summed E-state index contributed by atoms with van der Waals surface area (Å²) in [5.41, 5.74) is 0.709. The van der Waals surface area contributed by atoms with Gasteiger partial charge in [0.05, 0.1) is 6.42 Å². The number of amides is 2. The van der Waals surface area contributed by atoms with Gasteiger partial charge in [-0.25, -0.2) is 4.79 Å². The number of carbonyl (C=O) groups excluding carboxylic acids is 4. The number of ether oxygens (including phenoxy) is 2. The Bertz CT molecular complexity index is 1320. The van der Waals surface area contributed by atoms with E-state index >= 15 is 0 Å². The van der Waals surface area contributed by atoms with Gasteiger partial charge in [0, 0.05) is 5.56 Å². The fourth-order valence-corrected chi connectivity index (χ4v) is 3.75. The molecule has 12 heteroatoms. The smallest absolute Gasteiger partial charge is 0.408 e. The maximum absolute atomic E-state index is 13.3. The van der Waals surface area contributed by atoms with Gasteiger partial charge < -0.3 is 20.1 Å². The SMILES string of the molecule is CC(C)[C@H](NC(=O)OCc1ccccc1)C(=O)NC(CC(=O)OC(C)(C)C)C(=O)Cn1nnc(-c2ccccc2)n1.